The minimum atomic E-state index is -0.463. The number of nitrogens with zero attached hydrogens (tertiary/aromatic N) is 1. The zero-order valence-electron chi connectivity index (χ0n) is 12.7. The Morgan fingerprint density at radius 2 is 2.50 bits per heavy atom. The highest BCUT2D eigenvalue weighted by atomic mass is 32.1. The van der Waals surface area contributed by atoms with Crippen LogP contribution in [0.4, 0.5) is 0 Å². The lowest BCUT2D eigenvalue weighted by atomic mass is 10.0. The van der Waals surface area contributed by atoms with E-state index in [0.29, 0.717) is 19.4 Å². The lowest BCUT2D eigenvalue weighted by Crippen LogP contribution is -2.46. The van der Waals surface area contributed by atoms with Gasteiger partial charge in [0.2, 0.25) is 5.91 Å². The van der Waals surface area contributed by atoms with E-state index in [0.717, 1.165) is 37.4 Å². The van der Waals surface area contributed by atoms with Gasteiger partial charge in [0.15, 0.2) is 0 Å². The van der Waals surface area contributed by atoms with E-state index in [1.165, 1.54) is 0 Å². The molecule has 2 N–H and O–H groups in total. The molecule has 3 rings (SSSR count). The SMILES string of the molecule is O=C(CC1COCCN1)N1CCCC1CC(O)c1cccs1. The second-order valence-corrected chi connectivity index (χ2v) is 7.06. The van der Waals surface area contributed by atoms with Gasteiger partial charge < -0.3 is 20.1 Å². The minimum Gasteiger partial charge on any atom is -0.387 e. The van der Waals surface area contributed by atoms with Crippen molar-refractivity contribution in [3.8, 4) is 0 Å². The highest BCUT2D eigenvalue weighted by Gasteiger charge is 2.32. The largest absolute Gasteiger partial charge is 0.387 e. The molecule has 3 atom stereocenters. The summed E-state index contributed by atoms with van der Waals surface area (Å²) in [6, 6.07) is 4.20. The van der Waals surface area contributed by atoms with Crippen LogP contribution in [0.2, 0.25) is 0 Å². The topological polar surface area (TPSA) is 61.8 Å². The highest BCUT2D eigenvalue weighted by molar-refractivity contribution is 7.10. The van der Waals surface area contributed by atoms with Gasteiger partial charge >= 0.3 is 0 Å². The number of carbonyl (C=O) groups excluding carboxylic acids is 1. The van der Waals surface area contributed by atoms with Crippen LogP contribution in [0.5, 0.6) is 0 Å². The molecule has 0 saturated carbocycles. The first-order valence-electron chi connectivity index (χ1n) is 8.06. The number of nitrogens with one attached hydrogen (secondary N) is 1. The summed E-state index contributed by atoms with van der Waals surface area (Å²) >= 11 is 1.57. The van der Waals surface area contributed by atoms with Gasteiger partial charge in [-0.25, -0.2) is 0 Å². The normalized spacial score (nSPS) is 27.0. The van der Waals surface area contributed by atoms with Crippen molar-refractivity contribution in [1.82, 2.24) is 10.2 Å². The van der Waals surface area contributed by atoms with Gasteiger partial charge in [-0.15, -0.1) is 11.3 Å². The van der Waals surface area contributed by atoms with Gasteiger partial charge in [0, 0.05) is 36.5 Å². The average molecular weight is 324 g/mol. The van der Waals surface area contributed by atoms with Crippen LogP contribution in [-0.2, 0) is 9.53 Å². The standard InChI is InChI=1S/C16H24N2O3S/c19-14(15-4-2-8-22-15)10-13-3-1-6-18(13)16(20)9-12-11-21-7-5-17-12/h2,4,8,12-14,17,19H,1,3,5-7,9-11H2. The molecular formula is C16H24N2O3S. The van der Waals surface area contributed by atoms with Crippen LogP contribution in [0.1, 0.15) is 36.7 Å². The van der Waals surface area contributed by atoms with Crippen LogP contribution >= 0.6 is 11.3 Å². The number of amides is 1. The number of hydrogen-bond donors (Lipinski definition) is 2. The van der Waals surface area contributed by atoms with Crippen molar-refractivity contribution in [3.05, 3.63) is 22.4 Å². The lowest BCUT2D eigenvalue weighted by molar-refractivity contribution is -0.133. The first-order valence-corrected chi connectivity index (χ1v) is 8.94. The maximum atomic E-state index is 12.5. The van der Waals surface area contributed by atoms with Gasteiger partial charge in [-0.05, 0) is 30.7 Å². The van der Waals surface area contributed by atoms with Crippen LogP contribution in [0.25, 0.3) is 0 Å². The van der Waals surface area contributed by atoms with E-state index < -0.39 is 6.10 Å². The maximum Gasteiger partial charge on any atom is 0.224 e. The van der Waals surface area contributed by atoms with Crippen LogP contribution in [-0.4, -0.2) is 54.3 Å². The molecule has 3 unspecified atom stereocenters. The van der Waals surface area contributed by atoms with Gasteiger partial charge in [-0.1, -0.05) is 6.07 Å². The van der Waals surface area contributed by atoms with Gasteiger partial charge in [0.1, 0.15) is 0 Å². The fraction of sp³-hybridized carbons (Fsp3) is 0.688. The molecule has 1 aromatic rings. The van der Waals surface area contributed by atoms with Crippen LogP contribution < -0.4 is 5.32 Å². The minimum absolute atomic E-state index is 0.129. The molecule has 2 aliphatic heterocycles. The number of rotatable bonds is 5. The molecular weight excluding hydrogens is 300 g/mol. The third-order valence-corrected chi connectivity index (χ3v) is 5.46. The number of morpholine rings is 1. The zero-order chi connectivity index (χ0) is 15.4. The van der Waals surface area contributed by atoms with Crippen molar-refractivity contribution < 1.29 is 14.6 Å². The molecule has 22 heavy (non-hydrogen) atoms. The predicted octanol–water partition coefficient (Wildman–Crippen LogP) is 1.54. The number of ether oxygens (including phenoxy) is 1. The Labute approximate surface area is 135 Å². The summed E-state index contributed by atoms with van der Waals surface area (Å²) in [6.45, 7) is 2.97. The molecule has 2 saturated heterocycles. The van der Waals surface area contributed by atoms with Crippen molar-refractivity contribution in [2.75, 3.05) is 26.3 Å². The van der Waals surface area contributed by atoms with Crippen molar-refractivity contribution in [2.24, 2.45) is 0 Å². The Kier molecular flexibility index (Phi) is 5.46. The fourth-order valence-electron chi connectivity index (χ4n) is 3.34. The second-order valence-electron chi connectivity index (χ2n) is 6.08. The zero-order valence-corrected chi connectivity index (χ0v) is 13.6. The number of aliphatic hydroxyl groups is 1. The van der Waals surface area contributed by atoms with E-state index in [9.17, 15) is 9.90 Å². The van der Waals surface area contributed by atoms with Crippen LogP contribution in [0, 0.1) is 0 Å². The Balaban J connectivity index is 1.54. The molecule has 6 heteroatoms. The van der Waals surface area contributed by atoms with Gasteiger partial charge in [-0.3, -0.25) is 4.79 Å². The van der Waals surface area contributed by atoms with Crippen molar-refractivity contribution in [2.45, 2.75) is 43.9 Å². The molecule has 1 amide bonds. The van der Waals surface area contributed by atoms with Crippen LogP contribution in [0.15, 0.2) is 17.5 Å². The summed E-state index contributed by atoms with van der Waals surface area (Å²) in [5.74, 6) is 0.184. The Bertz CT molecular complexity index is 474. The van der Waals surface area contributed by atoms with Gasteiger partial charge in [-0.2, -0.15) is 0 Å². The molecule has 1 aromatic heterocycles. The molecule has 3 heterocycles. The molecule has 0 aromatic carbocycles. The Hall–Kier alpha value is -0.950. The predicted molar refractivity (Wildman–Crippen MR) is 85.9 cm³/mol. The van der Waals surface area contributed by atoms with E-state index in [1.807, 2.05) is 22.4 Å². The average Bonchev–Trinajstić information content (AvgIpc) is 3.19. The summed E-state index contributed by atoms with van der Waals surface area (Å²) in [6.07, 6.45) is 2.69. The number of hydrogen-bond acceptors (Lipinski definition) is 5. The highest BCUT2D eigenvalue weighted by Crippen LogP contribution is 2.30. The van der Waals surface area contributed by atoms with E-state index in [2.05, 4.69) is 5.32 Å². The van der Waals surface area contributed by atoms with Crippen molar-refractivity contribution >= 4 is 17.2 Å². The molecule has 2 aliphatic rings. The van der Waals surface area contributed by atoms with Crippen molar-refractivity contribution in [1.29, 1.82) is 0 Å². The fourth-order valence-corrected chi connectivity index (χ4v) is 4.07. The molecule has 0 radical (unpaired) electrons. The quantitative estimate of drug-likeness (QED) is 0.862. The lowest BCUT2D eigenvalue weighted by Gasteiger charge is -2.29. The van der Waals surface area contributed by atoms with E-state index in [4.69, 9.17) is 4.74 Å². The second kappa shape index (κ2) is 7.55. The number of aliphatic hydroxyl groups excluding tert-OH is 1. The number of likely N-dealkylation sites (tertiary alicyclic amines) is 1. The first-order chi connectivity index (χ1) is 10.7. The summed E-state index contributed by atoms with van der Waals surface area (Å²) < 4.78 is 5.41. The van der Waals surface area contributed by atoms with E-state index in [-0.39, 0.29) is 18.0 Å². The van der Waals surface area contributed by atoms with Gasteiger partial charge in [0.25, 0.3) is 0 Å². The monoisotopic (exact) mass is 324 g/mol. The molecule has 5 nitrogen and oxygen atoms in total. The van der Waals surface area contributed by atoms with E-state index in [1.54, 1.807) is 11.3 Å². The van der Waals surface area contributed by atoms with Crippen LogP contribution in [0.3, 0.4) is 0 Å². The summed E-state index contributed by atoms with van der Waals surface area (Å²) in [4.78, 5) is 15.5. The Morgan fingerprint density at radius 1 is 1.59 bits per heavy atom. The molecule has 0 bridgehead atoms. The summed E-state index contributed by atoms with van der Waals surface area (Å²) in [5, 5.41) is 15.6. The summed E-state index contributed by atoms with van der Waals surface area (Å²) in [7, 11) is 0. The molecule has 122 valence electrons. The van der Waals surface area contributed by atoms with E-state index >= 15 is 0 Å². The number of thiophene rings is 1. The van der Waals surface area contributed by atoms with Gasteiger partial charge in [0.05, 0.1) is 19.3 Å². The third kappa shape index (κ3) is 3.87. The Morgan fingerprint density at radius 3 is 3.23 bits per heavy atom. The molecule has 0 spiro atoms. The third-order valence-electron chi connectivity index (χ3n) is 4.48. The first kappa shape index (κ1) is 15.9. The maximum absolute atomic E-state index is 12.5. The smallest absolute Gasteiger partial charge is 0.224 e. The summed E-state index contributed by atoms with van der Waals surface area (Å²) in [5.41, 5.74) is 0. The molecule has 2 fully saturated rings. The number of carbonyl (C=O) groups is 1. The molecule has 0 aliphatic carbocycles. The van der Waals surface area contributed by atoms with Crippen molar-refractivity contribution in [3.63, 3.8) is 0 Å².